The molecule has 0 aromatic heterocycles. The number of esters is 2. The van der Waals surface area contributed by atoms with E-state index in [4.69, 9.17) is 9.47 Å². The Morgan fingerprint density at radius 1 is 0.629 bits per heavy atom. The number of ether oxygens (including phenoxy) is 2. The van der Waals surface area contributed by atoms with E-state index in [1.165, 1.54) is 70.6 Å². The molecule has 5 heteroatoms. The van der Waals surface area contributed by atoms with E-state index >= 15 is 0 Å². The van der Waals surface area contributed by atoms with Crippen LogP contribution in [0.25, 0.3) is 0 Å². The molecule has 0 aromatic carbocycles. The van der Waals surface area contributed by atoms with Crippen LogP contribution >= 0.6 is 0 Å². The second kappa shape index (κ2) is 26.0. The average Bonchev–Trinajstić information content (AvgIpc) is 2.83. The highest BCUT2D eigenvalue weighted by Crippen LogP contribution is 2.20. The van der Waals surface area contributed by atoms with Crippen molar-refractivity contribution < 1.29 is 19.1 Å². The summed E-state index contributed by atoms with van der Waals surface area (Å²) in [5.41, 5.74) is 0. The van der Waals surface area contributed by atoms with Gasteiger partial charge in [-0.3, -0.25) is 9.59 Å². The number of carbonyl (C=O) groups excluding carboxylic acids is 2. The molecule has 0 heterocycles. The number of hydrogen-bond acceptors (Lipinski definition) is 5. The van der Waals surface area contributed by atoms with Crippen LogP contribution in [0.15, 0.2) is 0 Å². The lowest BCUT2D eigenvalue weighted by atomic mass is 9.94. The van der Waals surface area contributed by atoms with Crippen LogP contribution in [0.2, 0.25) is 0 Å². The van der Waals surface area contributed by atoms with E-state index in [1.807, 2.05) is 0 Å². The van der Waals surface area contributed by atoms with Crippen LogP contribution in [-0.2, 0) is 19.1 Å². The third-order valence-electron chi connectivity index (χ3n) is 6.62. The summed E-state index contributed by atoms with van der Waals surface area (Å²) in [5, 5.41) is 3.21. The molecule has 208 valence electrons. The lowest BCUT2D eigenvalue weighted by Gasteiger charge is -2.16. The molecule has 1 N–H and O–H groups in total. The van der Waals surface area contributed by atoms with Gasteiger partial charge < -0.3 is 14.8 Å². The Kier molecular flexibility index (Phi) is 25.2. The van der Waals surface area contributed by atoms with Gasteiger partial charge in [-0.1, -0.05) is 118 Å². The minimum Gasteiger partial charge on any atom is -0.464 e. The molecule has 0 saturated carbocycles. The molecule has 0 fully saturated rings. The molecule has 0 spiro atoms. The van der Waals surface area contributed by atoms with Crippen molar-refractivity contribution in [1.82, 2.24) is 5.32 Å². The molecule has 5 nitrogen and oxygen atoms in total. The van der Waals surface area contributed by atoms with Crippen molar-refractivity contribution in [3.05, 3.63) is 0 Å². The van der Waals surface area contributed by atoms with E-state index < -0.39 is 0 Å². The Morgan fingerprint density at radius 2 is 1.11 bits per heavy atom. The van der Waals surface area contributed by atoms with Crippen molar-refractivity contribution in [2.24, 2.45) is 11.8 Å². The minimum absolute atomic E-state index is 0.0309. The molecule has 0 aliphatic carbocycles. The molecular formula is C30H59NO4. The fraction of sp³-hybridized carbons (Fsp3) is 0.933. The number of rotatable bonds is 26. The first kappa shape index (κ1) is 33.9. The first-order valence-electron chi connectivity index (χ1n) is 15.0. The average molecular weight is 498 g/mol. The van der Waals surface area contributed by atoms with E-state index in [2.05, 4.69) is 33.0 Å². The highest BCUT2D eigenvalue weighted by Gasteiger charge is 2.19. The lowest BCUT2D eigenvalue weighted by Crippen LogP contribution is -2.27. The zero-order chi connectivity index (χ0) is 26.0. The van der Waals surface area contributed by atoms with Crippen molar-refractivity contribution >= 4 is 11.9 Å². The largest absolute Gasteiger partial charge is 0.464 e. The van der Waals surface area contributed by atoms with Crippen molar-refractivity contribution in [3.63, 3.8) is 0 Å². The van der Waals surface area contributed by atoms with Crippen LogP contribution in [0.1, 0.15) is 143 Å². The Morgan fingerprint density at radius 3 is 1.71 bits per heavy atom. The highest BCUT2D eigenvalue weighted by molar-refractivity contribution is 5.72. The van der Waals surface area contributed by atoms with Crippen molar-refractivity contribution in [2.75, 3.05) is 26.3 Å². The molecule has 0 rings (SSSR count). The quantitative estimate of drug-likeness (QED) is 0.0968. The fourth-order valence-corrected chi connectivity index (χ4v) is 4.32. The Bertz CT molecular complexity index is 481. The van der Waals surface area contributed by atoms with Crippen molar-refractivity contribution in [3.8, 4) is 0 Å². The monoisotopic (exact) mass is 497 g/mol. The zero-order valence-electron chi connectivity index (χ0n) is 23.8. The molecule has 0 radical (unpaired) electrons. The molecule has 0 saturated heterocycles. The molecule has 0 aliphatic rings. The summed E-state index contributed by atoms with van der Waals surface area (Å²) in [6.45, 7) is 10.9. The molecule has 0 bridgehead atoms. The third-order valence-corrected chi connectivity index (χ3v) is 6.62. The van der Waals surface area contributed by atoms with Gasteiger partial charge in [0, 0.05) is 19.5 Å². The summed E-state index contributed by atoms with van der Waals surface area (Å²) < 4.78 is 10.9. The van der Waals surface area contributed by atoms with Crippen LogP contribution < -0.4 is 5.32 Å². The minimum atomic E-state index is -0.109. The topological polar surface area (TPSA) is 64.6 Å². The van der Waals surface area contributed by atoms with Crippen LogP contribution in [-0.4, -0.2) is 38.2 Å². The van der Waals surface area contributed by atoms with E-state index in [1.54, 1.807) is 0 Å². The predicted molar refractivity (Wildman–Crippen MR) is 148 cm³/mol. The van der Waals surface area contributed by atoms with Gasteiger partial charge in [0.15, 0.2) is 0 Å². The summed E-state index contributed by atoms with van der Waals surface area (Å²) in [6, 6.07) is 0. The maximum atomic E-state index is 12.6. The van der Waals surface area contributed by atoms with Gasteiger partial charge in [-0.05, 0) is 25.2 Å². The van der Waals surface area contributed by atoms with Gasteiger partial charge in [-0.25, -0.2) is 0 Å². The Labute approximate surface area is 217 Å². The number of hydrogen-bond donors (Lipinski definition) is 1. The summed E-state index contributed by atoms with van der Waals surface area (Å²) in [7, 11) is 0. The molecule has 1 unspecified atom stereocenters. The van der Waals surface area contributed by atoms with Gasteiger partial charge in [0.1, 0.15) is 13.2 Å². The van der Waals surface area contributed by atoms with Crippen LogP contribution in [0.3, 0.4) is 0 Å². The number of nitrogens with one attached hydrogen (secondary N) is 1. The number of unbranched alkanes of at least 4 members (excludes halogenated alkanes) is 11. The molecule has 0 aromatic rings. The maximum absolute atomic E-state index is 12.6. The van der Waals surface area contributed by atoms with Gasteiger partial charge in [-0.2, -0.15) is 0 Å². The molecule has 35 heavy (non-hydrogen) atoms. The number of carbonyl (C=O) groups is 2. The summed E-state index contributed by atoms with van der Waals surface area (Å²) >= 11 is 0. The van der Waals surface area contributed by atoms with E-state index in [0.717, 1.165) is 44.4 Å². The lowest BCUT2D eigenvalue weighted by molar-refractivity contribution is -0.149. The van der Waals surface area contributed by atoms with Crippen molar-refractivity contribution in [2.45, 2.75) is 143 Å². The van der Waals surface area contributed by atoms with Crippen LogP contribution in [0.5, 0.6) is 0 Å². The molecular weight excluding hydrogens is 438 g/mol. The summed E-state index contributed by atoms with van der Waals surface area (Å²) in [6.07, 6.45) is 20.4. The van der Waals surface area contributed by atoms with E-state index in [-0.39, 0.29) is 17.9 Å². The van der Waals surface area contributed by atoms with E-state index in [9.17, 15) is 9.59 Å². The maximum Gasteiger partial charge on any atom is 0.308 e. The predicted octanol–water partition coefficient (Wildman–Crippen LogP) is 8.00. The normalized spacial score (nSPS) is 12.1. The van der Waals surface area contributed by atoms with Gasteiger partial charge in [0.2, 0.25) is 0 Å². The fourth-order valence-electron chi connectivity index (χ4n) is 4.32. The van der Waals surface area contributed by atoms with Crippen LogP contribution in [0.4, 0.5) is 0 Å². The summed E-state index contributed by atoms with van der Waals surface area (Å²) in [5.74, 6) is 0.668. The molecule has 1 atom stereocenters. The van der Waals surface area contributed by atoms with Crippen LogP contribution in [0, 0.1) is 11.8 Å². The molecule has 0 aliphatic heterocycles. The van der Waals surface area contributed by atoms with Gasteiger partial charge in [0.25, 0.3) is 0 Å². The SMILES string of the molecule is CCCCCCCCC(CCCCCC)C(=O)OCCNCCOC(=O)CCCCCCC(C)C. The first-order chi connectivity index (χ1) is 17.0. The molecule has 0 amide bonds. The standard InChI is InChI=1S/C30H59NO4/c1-5-7-9-11-12-17-21-28(20-16-10-8-6-2)30(33)35-26-24-31-23-25-34-29(32)22-18-14-13-15-19-27(3)4/h27-28,31H,5-26H2,1-4H3. The Hall–Kier alpha value is -1.10. The van der Waals surface area contributed by atoms with Gasteiger partial charge in [0.05, 0.1) is 5.92 Å². The second-order valence-corrected chi connectivity index (χ2v) is 10.6. The summed E-state index contributed by atoms with van der Waals surface area (Å²) in [4.78, 5) is 24.4. The second-order valence-electron chi connectivity index (χ2n) is 10.6. The van der Waals surface area contributed by atoms with Gasteiger partial charge in [-0.15, -0.1) is 0 Å². The van der Waals surface area contributed by atoms with Gasteiger partial charge >= 0.3 is 11.9 Å². The highest BCUT2D eigenvalue weighted by atomic mass is 16.5. The van der Waals surface area contributed by atoms with Crippen molar-refractivity contribution in [1.29, 1.82) is 0 Å². The Balaban J connectivity index is 3.85. The smallest absolute Gasteiger partial charge is 0.308 e. The first-order valence-corrected chi connectivity index (χ1v) is 15.0. The van der Waals surface area contributed by atoms with E-state index in [0.29, 0.717) is 32.7 Å². The third kappa shape index (κ3) is 24.4. The zero-order valence-corrected chi connectivity index (χ0v) is 23.8.